The van der Waals surface area contributed by atoms with Gasteiger partial charge in [-0.2, -0.15) is 0 Å². The molecule has 4 rings (SSSR count). The van der Waals surface area contributed by atoms with Crippen LogP contribution in [0.15, 0.2) is 42.0 Å². The average molecular weight is 479 g/mol. The zero-order chi connectivity index (χ0) is 25.5. The van der Waals surface area contributed by atoms with Crippen LogP contribution < -0.4 is 14.2 Å². The third kappa shape index (κ3) is 4.63. The summed E-state index contributed by atoms with van der Waals surface area (Å²) in [4.78, 5) is 25.7. The molecule has 0 bridgehead atoms. The van der Waals surface area contributed by atoms with Crippen molar-refractivity contribution in [3.05, 3.63) is 64.2 Å². The van der Waals surface area contributed by atoms with Crippen LogP contribution in [-0.2, 0) is 16.0 Å². The number of Topliss-reactive ketones (excluding diaryl/α,β-unsaturated/α-hetero) is 1. The maximum atomic E-state index is 13.8. The number of benzene rings is 2. The van der Waals surface area contributed by atoms with Crippen molar-refractivity contribution in [1.82, 2.24) is 0 Å². The van der Waals surface area contributed by atoms with Gasteiger partial charge in [0.25, 0.3) is 0 Å². The summed E-state index contributed by atoms with van der Waals surface area (Å²) in [5.74, 6) is -0.0605. The minimum atomic E-state index is -1.27. The third-order valence-corrected chi connectivity index (χ3v) is 6.00. The molecular weight excluding hydrogens is 448 g/mol. The Balaban J connectivity index is 1.95. The van der Waals surface area contributed by atoms with Gasteiger partial charge in [-0.25, -0.2) is 0 Å². The lowest BCUT2D eigenvalue weighted by Crippen LogP contribution is -2.40. The lowest BCUT2D eigenvalue weighted by molar-refractivity contribution is -0.148. The van der Waals surface area contributed by atoms with Crippen molar-refractivity contribution in [2.75, 3.05) is 7.11 Å². The first-order chi connectivity index (χ1) is 16.5. The van der Waals surface area contributed by atoms with Crippen LogP contribution in [0.3, 0.4) is 0 Å². The number of fused-ring (bicyclic) bond motifs is 2. The molecule has 2 atom stereocenters. The second kappa shape index (κ2) is 9.13. The summed E-state index contributed by atoms with van der Waals surface area (Å²) < 4.78 is 23.4. The number of aromatic hydroxyl groups is 1. The molecule has 2 aromatic carbocycles. The standard InChI is InChI=1S/C28H30O7/c1-15(2)7-12-20-25-19(13-14-28(4,5)35-25)22(30)21-23(31)27(33-16(3)29)24(34-26(20)21)17-8-10-18(32-6)11-9-17/h7-11,13-14,24,27,30H,12H2,1-6H3/t24-,27+/m1/s1. The van der Waals surface area contributed by atoms with E-state index < -0.39 is 29.6 Å². The van der Waals surface area contributed by atoms with Gasteiger partial charge in [-0.3, -0.25) is 9.59 Å². The highest BCUT2D eigenvalue weighted by Gasteiger charge is 2.45. The number of phenols is 1. The van der Waals surface area contributed by atoms with Crippen LogP contribution in [0.2, 0.25) is 0 Å². The van der Waals surface area contributed by atoms with E-state index in [9.17, 15) is 14.7 Å². The molecule has 0 amide bonds. The molecule has 2 aliphatic rings. The predicted octanol–water partition coefficient (Wildman–Crippen LogP) is 5.34. The Hall–Kier alpha value is -3.74. The van der Waals surface area contributed by atoms with E-state index in [0.29, 0.717) is 34.6 Å². The number of hydrogen-bond acceptors (Lipinski definition) is 7. The quantitative estimate of drug-likeness (QED) is 0.458. The van der Waals surface area contributed by atoms with Gasteiger partial charge in [-0.05, 0) is 64.0 Å². The molecule has 0 spiro atoms. The third-order valence-electron chi connectivity index (χ3n) is 6.00. The minimum Gasteiger partial charge on any atom is -0.506 e. The smallest absolute Gasteiger partial charge is 0.303 e. The molecule has 0 aliphatic carbocycles. The predicted molar refractivity (Wildman–Crippen MR) is 131 cm³/mol. The maximum Gasteiger partial charge on any atom is 0.303 e. The van der Waals surface area contributed by atoms with E-state index in [0.717, 1.165) is 5.57 Å². The highest BCUT2D eigenvalue weighted by atomic mass is 16.6. The van der Waals surface area contributed by atoms with Crippen LogP contribution in [0, 0.1) is 0 Å². The molecule has 0 unspecified atom stereocenters. The maximum absolute atomic E-state index is 13.8. The van der Waals surface area contributed by atoms with E-state index >= 15 is 0 Å². The number of methoxy groups -OCH3 is 1. The van der Waals surface area contributed by atoms with E-state index in [1.54, 1.807) is 37.5 Å². The number of hydrogen-bond donors (Lipinski definition) is 1. The fourth-order valence-electron chi connectivity index (χ4n) is 4.27. The molecule has 2 aliphatic heterocycles. The molecule has 184 valence electrons. The van der Waals surface area contributed by atoms with Crippen LogP contribution in [0.1, 0.15) is 67.8 Å². The molecule has 35 heavy (non-hydrogen) atoms. The Morgan fingerprint density at radius 1 is 1.14 bits per heavy atom. The number of phenolic OH excluding ortho intramolecular Hbond substituents is 1. The van der Waals surface area contributed by atoms with E-state index in [2.05, 4.69) is 0 Å². The van der Waals surface area contributed by atoms with Gasteiger partial charge < -0.3 is 24.1 Å². The average Bonchev–Trinajstić information content (AvgIpc) is 2.79. The van der Waals surface area contributed by atoms with Crippen molar-refractivity contribution >= 4 is 17.8 Å². The number of carbonyl (C=O) groups is 2. The Bertz CT molecular complexity index is 1230. The summed E-state index contributed by atoms with van der Waals surface area (Å²) in [6, 6.07) is 7.01. The Labute approximate surface area is 205 Å². The number of carbonyl (C=O) groups excluding carboxylic acids is 2. The molecule has 0 saturated heterocycles. The number of ketones is 1. The van der Waals surface area contributed by atoms with Crippen molar-refractivity contribution < 1.29 is 33.6 Å². The minimum absolute atomic E-state index is 0.00938. The zero-order valence-electron chi connectivity index (χ0n) is 20.8. The molecule has 2 heterocycles. The monoisotopic (exact) mass is 478 g/mol. The first-order valence-electron chi connectivity index (χ1n) is 11.5. The topological polar surface area (TPSA) is 91.3 Å². The van der Waals surface area contributed by atoms with Crippen LogP contribution >= 0.6 is 0 Å². The normalized spacial score (nSPS) is 19.5. The second-order valence-electron chi connectivity index (χ2n) is 9.50. The van der Waals surface area contributed by atoms with Crippen molar-refractivity contribution in [1.29, 1.82) is 0 Å². The van der Waals surface area contributed by atoms with Crippen LogP contribution in [-0.4, -0.2) is 35.7 Å². The number of rotatable bonds is 5. The van der Waals surface area contributed by atoms with Gasteiger partial charge >= 0.3 is 5.97 Å². The summed E-state index contributed by atoms with van der Waals surface area (Å²) in [6.45, 7) is 9.02. The van der Waals surface area contributed by atoms with Crippen molar-refractivity contribution in [3.63, 3.8) is 0 Å². The van der Waals surface area contributed by atoms with E-state index in [4.69, 9.17) is 18.9 Å². The molecular formula is C28H30O7. The zero-order valence-corrected chi connectivity index (χ0v) is 20.8. The molecule has 7 nitrogen and oxygen atoms in total. The van der Waals surface area contributed by atoms with Crippen LogP contribution in [0.25, 0.3) is 6.08 Å². The number of ether oxygens (including phenoxy) is 4. The Morgan fingerprint density at radius 3 is 2.43 bits per heavy atom. The highest BCUT2D eigenvalue weighted by Crippen LogP contribution is 2.51. The summed E-state index contributed by atoms with van der Waals surface area (Å²) in [5.41, 5.74) is 2.15. The van der Waals surface area contributed by atoms with Gasteiger partial charge in [0.15, 0.2) is 6.10 Å². The molecule has 0 radical (unpaired) electrons. The summed E-state index contributed by atoms with van der Waals surface area (Å²) in [7, 11) is 1.56. The molecule has 7 heteroatoms. The van der Waals surface area contributed by atoms with Gasteiger partial charge in [0.05, 0.1) is 12.7 Å². The highest BCUT2D eigenvalue weighted by molar-refractivity contribution is 6.08. The molecule has 0 aromatic heterocycles. The van der Waals surface area contributed by atoms with Crippen molar-refractivity contribution in [3.8, 4) is 23.0 Å². The molecule has 2 aromatic rings. The summed E-state index contributed by atoms with van der Waals surface area (Å²) >= 11 is 0. The van der Waals surface area contributed by atoms with Gasteiger partial charge in [-0.1, -0.05) is 23.8 Å². The molecule has 0 saturated carbocycles. The molecule has 1 N–H and O–H groups in total. The van der Waals surface area contributed by atoms with Gasteiger partial charge in [0, 0.05) is 12.5 Å². The first-order valence-corrected chi connectivity index (χ1v) is 11.5. The first kappa shape index (κ1) is 24.4. The fourth-order valence-corrected chi connectivity index (χ4v) is 4.27. The second-order valence-corrected chi connectivity index (χ2v) is 9.50. The van der Waals surface area contributed by atoms with Crippen molar-refractivity contribution in [2.24, 2.45) is 0 Å². The number of esters is 1. The molecule has 0 fully saturated rings. The van der Waals surface area contributed by atoms with Crippen molar-refractivity contribution in [2.45, 2.75) is 58.8 Å². The van der Waals surface area contributed by atoms with E-state index in [1.165, 1.54) is 6.92 Å². The van der Waals surface area contributed by atoms with Gasteiger partial charge in [0.1, 0.15) is 34.2 Å². The Kier molecular flexibility index (Phi) is 6.36. The van der Waals surface area contributed by atoms with Crippen LogP contribution in [0.4, 0.5) is 0 Å². The summed E-state index contributed by atoms with van der Waals surface area (Å²) in [6.07, 6.45) is 3.83. The number of allylic oxidation sites excluding steroid dienone is 2. The van der Waals surface area contributed by atoms with Crippen LogP contribution in [0.5, 0.6) is 23.0 Å². The lowest BCUT2D eigenvalue weighted by atomic mass is 9.87. The van der Waals surface area contributed by atoms with Gasteiger partial charge in [0.2, 0.25) is 11.9 Å². The fraction of sp³-hybridized carbons (Fsp3) is 0.357. The summed E-state index contributed by atoms with van der Waals surface area (Å²) in [5, 5.41) is 11.2. The lowest BCUT2D eigenvalue weighted by Gasteiger charge is -2.36. The largest absolute Gasteiger partial charge is 0.506 e. The SMILES string of the molecule is COc1ccc([C@H]2Oc3c(CC=C(C)C)c4c(c(O)c3C(=O)[C@@H]2OC(C)=O)C=CC(C)(C)O4)cc1. The van der Waals surface area contributed by atoms with Gasteiger partial charge in [-0.15, -0.1) is 0 Å². The Morgan fingerprint density at radius 2 is 1.83 bits per heavy atom. The van der Waals surface area contributed by atoms with E-state index in [1.807, 2.05) is 39.8 Å². The van der Waals surface area contributed by atoms with E-state index in [-0.39, 0.29) is 17.1 Å².